The van der Waals surface area contributed by atoms with Gasteiger partial charge in [0.25, 0.3) is 0 Å². The second-order valence-corrected chi connectivity index (χ2v) is 7.77. The minimum absolute atomic E-state index is 0.135. The van der Waals surface area contributed by atoms with Crippen LogP contribution in [0.4, 0.5) is 0 Å². The zero-order valence-electron chi connectivity index (χ0n) is 17.0. The van der Waals surface area contributed by atoms with E-state index in [1.54, 1.807) is 18.2 Å². The molecule has 0 aliphatic rings. The zero-order chi connectivity index (χ0) is 21.8. The van der Waals surface area contributed by atoms with Gasteiger partial charge in [-0.05, 0) is 59.0 Å². The Morgan fingerprint density at radius 2 is 1.65 bits per heavy atom. The molecule has 4 aromatic carbocycles. The highest BCUT2D eigenvalue weighted by Crippen LogP contribution is 2.40. The molecule has 0 aliphatic heterocycles. The molecule has 154 valence electrons. The monoisotopic (exact) mass is 427 g/mol. The predicted molar refractivity (Wildman–Crippen MR) is 122 cm³/mol. The van der Waals surface area contributed by atoms with Crippen molar-refractivity contribution in [3.8, 4) is 28.0 Å². The number of rotatable bonds is 6. The molecule has 4 heteroatoms. The number of carbonyl (C=O) groups is 1. The standard InChI is InChI=1S/C27H21ClO3/c1-18-10-12-23(20-8-5-9-21(15-20)27(29)30)24(14-18)25-16-22(28)11-13-26(25)31-17-19-6-3-2-4-7-19/h2-16H,17H2,1H3,(H,29,30)/p-1. The van der Waals surface area contributed by atoms with Crippen molar-refractivity contribution in [3.63, 3.8) is 0 Å². The summed E-state index contributed by atoms with van der Waals surface area (Å²) in [5, 5.41) is 12.0. The largest absolute Gasteiger partial charge is 0.545 e. The SMILES string of the molecule is Cc1ccc(-c2cccc(C(=O)[O-])c2)c(-c2cc(Cl)ccc2OCc2ccccc2)c1. The van der Waals surface area contributed by atoms with Crippen LogP contribution in [0.5, 0.6) is 5.75 Å². The van der Waals surface area contributed by atoms with E-state index in [4.69, 9.17) is 16.3 Å². The van der Waals surface area contributed by atoms with E-state index >= 15 is 0 Å². The fourth-order valence-corrected chi connectivity index (χ4v) is 3.69. The summed E-state index contributed by atoms with van der Waals surface area (Å²) in [6, 6.07) is 28.3. The third kappa shape index (κ3) is 4.79. The molecule has 0 saturated carbocycles. The fraction of sp³-hybridized carbons (Fsp3) is 0.0741. The predicted octanol–water partition coefficient (Wildman–Crippen LogP) is 5.92. The highest BCUT2D eigenvalue weighted by atomic mass is 35.5. The van der Waals surface area contributed by atoms with Gasteiger partial charge in [0.05, 0.1) is 5.97 Å². The molecule has 0 heterocycles. The Morgan fingerprint density at radius 1 is 0.839 bits per heavy atom. The molecule has 0 bridgehead atoms. The number of halogens is 1. The number of carboxylic acid groups (broad SMARTS) is 1. The molecule has 0 amide bonds. The van der Waals surface area contributed by atoms with Crippen LogP contribution in [0.2, 0.25) is 5.02 Å². The van der Waals surface area contributed by atoms with Crippen LogP contribution in [0.3, 0.4) is 0 Å². The van der Waals surface area contributed by atoms with Gasteiger partial charge in [-0.15, -0.1) is 0 Å². The van der Waals surface area contributed by atoms with E-state index in [-0.39, 0.29) is 5.56 Å². The first-order valence-corrected chi connectivity index (χ1v) is 10.3. The topological polar surface area (TPSA) is 49.4 Å². The average Bonchev–Trinajstić information content (AvgIpc) is 2.79. The number of aromatic carboxylic acids is 1. The maximum absolute atomic E-state index is 11.4. The molecule has 0 aromatic heterocycles. The minimum atomic E-state index is -1.20. The van der Waals surface area contributed by atoms with Crippen LogP contribution >= 0.6 is 11.6 Å². The molecule has 31 heavy (non-hydrogen) atoms. The number of carbonyl (C=O) groups excluding carboxylic acids is 1. The molecule has 0 aliphatic carbocycles. The molecular weight excluding hydrogens is 408 g/mol. The van der Waals surface area contributed by atoms with Crippen LogP contribution in [0.15, 0.2) is 91.0 Å². The average molecular weight is 428 g/mol. The van der Waals surface area contributed by atoms with Gasteiger partial charge in [-0.2, -0.15) is 0 Å². The number of aryl methyl sites for hydroxylation is 1. The maximum atomic E-state index is 11.4. The highest BCUT2D eigenvalue weighted by molar-refractivity contribution is 6.31. The van der Waals surface area contributed by atoms with E-state index in [1.807, 2.05) is 67.6 Å². The summed E-state index contributed by atoms with van der Waals surface area (Å²) in [5.74, 6) is -0.499. The summed E-state index contributed by atoms with van der Waals surface area (Å²) in [4.78, 5) is 11.4. The second kappa shape index (κ2) is 9.07. The van der Waals surface area contributed by atoms with Crippen molar-refractivity contribution < 1.29 is 14.6 Å². The van der Waals surface area contributed by atoms with Crippen molar-refractivity contribution in [1.82, 2.24) is 0 Å². The second-order valence-electron chi connectivity index (χ2n) is 7.33. The van der Waals surface area contributed by atoms with Crippen LogP contribution < -0.4 is 9.84 Å². The van der Waals surface area contributed by atoms with Gasteiger partial charge in [-0.3, -0.25) is 0 Å². The Morgan fingerprint density at radius 3 is 2.42 bits per heavy atom. The van der Waals surface area contributed by atoms with Crippen LogP contribution in [0, 0.1) is 6.92 Å². The lowest BCUT2D eigenvalue weighted by molar-refractivity contribution is -0.255. The number of carboxylic acids is 1. The van der Waals surface area contributed by atoms with E-state index in [1.165, 1.54) is 6.07 Å². The summed E-state index contributed by atoms with van der Waals surface area (Å²) >= 11 is 6.35. The summed E-state index contributed by atoms with van der Waals surface area (Å²) < 4.78 is 6.16. The van der Waals surface area contributed by atoms with Gasteiger partial charge in [-0.1, -0.05) is 83.9 Å². The fourth-order valence-electron chi connectivity index (χ4n) is 3.52. The Labute approximate surface area is 186 Å². The summed E-state index contributed by atoms with van der Waals surface area (Å²) in [6.45, 7) is 2.44. The number of benzene rings is 4. The normalized spacial score (nSPS) is 10.6. The van der Waals surface area contributed by atoms with Gasteiger partial charge in [0.2, 0.25) is 0 Å². The summed E-state index contributed by atoms with van der Waals surface area (Å²) in [7, 11) is 0. The van der Waals surface area contributed by atoms with E-state index in [2.05, 4.69) is 6.07 Å². The lowest BCUT2D eigenvalue weighted by Gasteiger charge is -2.17. The smallest absolute Gasteiger partial charge is 0.127 e. The molecule has 0 saturated heterocycles. The van der Waals surface area contributed by atoms with E-state index < -0.39 is 5.97 Å². The lowest BCUT2D eigenvalue weighted by atomic mass is 9.92. The molecule has 0 unspecified atom stereocenters. The van der Waals surface area contributed by atoms with Crippen LogP contribution in [-0.2, 0) is 6.61 Å². The van der Waals surface area contributed by atoms with E-state index in [0.717, 1.165) is 33.4 Å². The molecule has 0 atom stereocenters. The minimum Gasteiger partial charge on any atom is -0.545 e. The highest BCUT2D eigenvalue weighted by Gasteiger charge is 2.14. The quantitative estimate of drug-likeness (QED) is 0.383. The molecule has 0 fully saturated rings. The van der Waals surface area contributed by atoms with Crippen molar-refractivity contribution in [1.29, 1.82) is 0 Å². The van der Waals surface area contributed by atoms with Crippen LogP contribution in [0.25, 0.3) is 22.3 Å². The van der Waals surface area contributed by atoms with E-state index in [9.17, 15) is 9.90 Å². The number of hydrogen-bond donors (Lipinski definition) is 0. The number of ether oxygens (including phenoxy) is 1. The maximum Gasteiger partial charge on any atom is 0.127 e. The summed E-state index contributed by atoms with van der Waals surface area (Å²) in [6.07, 6.45) is 0. The Balaban J connectivity index is 1.81. The van der Waals surface area contributed by atoms with Crippen molar-refractivity contribution in [2.75, 3.05) is 0 Å². The molecule has 0 radical (unpaired) electrons. The van der Waals surface area contributed by atoms with Crippen molar-refractivity contribution in [2.45, 2.75) is 13.5 Å². The van der Waals surface area contributed by atoms with Crippen molar-refractivity contribution in [2.24, 2.45) is 0 Å². The van der Waals surface area contributed by atoms with Gasteiger partial charge in [-0.25, -0.2) is 0 Å². The van der Waals surface area contributed by atoms with Gasteiger partial charge < -0.3 is 14.6 Å². The van der Waals surface area contributed by atoms with Gasteiger partial charge in [0, 0.05) is 10.6 Å². The molecule has 3 nitrogen and oxygen atoms in total. The first kappa shape index (κ1) is 20.7. The number of hydrogen-bond acceptors (Lipinski definition) is 3. The Kier molecular flexibility index (Phi) is 6.06. The van der Waals surface area contributed by atoms with Crippen molar-refractivity contribution in [3.05, 3.63) is 113 Å². The molecule has 0 N–H and O–H groups in total. The van der Waals surface area contributed by atoms with Crippen molar-refractivity contribution >= 4 is 17.6 Å². The molecular formula is C27H20ClO3-. The summed E-state index contributed by atoms with van der Waals surface area (Å²) in [5.41, 5.74) is 5.71. The molecule has 4 rings (SSSR count). The Hall–Kier alpha value is -3.56. The first-order valence-electron chi connectivity index (χ1n) is 9.90. The van der Waals surface area contributed by atoms with Crippen LogP contribution in [0.1, 0.15) is 21.5 Å². The molecule has 4 aromatic rings. The Bertz CT molecular complexity index is 1230. The van der Waals surface area contributed by atoms with Gasteiger partial charge in [0.1, 0.15) is 12.4 Å². The third-order valence-corrected chi connectivity index (χ3v) is 5.29. The van der Waals surface area contributed by atoms with Gasteiger partial charge >= 0.3 is 0 Å². The zero-order valence-corrected chi connectivity index (χ0v) is 17.7. The third-order valence-electron chi connectivity index (χ3n) is 5.05. The van der Waals surface area contributed by atoms with Crippen LogP contribution in [-0.4, -0.2) is 5.97 Å². The van der Waals surface area contributed by atoms with Gasteiger partial charge in [0.15, 0.2) is 0 Å². The first-order chi connectivity index (χ1) is 15.0. The lowest BCUT2D eigenvalue weighted by Crippen LogP contribution is -2.22. The molecule has 0 spiro atoms. The van der Waals surface area contributed by atoms with E-state index in [0.29, 0.717) is 17.4 Å².